The minimum atomic E-state index is 0.142. The number of likely N-dealkylation sites (N-methyl/N-ethyl adjacent to an activating group) is 1. The number of nitriles is 1. The molecular formula is C14H17N3O. The number of aliphatic hydroxyl groups is 1. The van der Waals surface area contributed by atoms with Crippen molar-refractivity contribution >= 4 is 5.52 Å². The molecule has 0 amide bonds. The monoisotopic (exact) mass is 243 g/mol. The first kappa shape index (κ1) is 12.6. The number of aromatic nitrogens is 1. The molecule has 0 radical (unpaired) electrons. The molecule has 0 spiro atoms. The van der Waals surface area contributed by atoms with E-state index in [1.54, 1.807) is 0 Å². The van der Waals surface area contributed by atoms with Crippen LogP contribution in [0.5, 0.6) is 0 Å². The van der Waals surface area contributed by atoms with Crippen molar-refractivity contribution in [3.05, 3.63) is 41.7 Å². The van der Waals surface area contributed by atoms with Crippen LogP contribution in [0.4, 0.5) is 0 Å². The normalized spacial score (nSPS) is 11.0. The van der Waals surface area contributed by atoms with Crippen LogP contribution in [-0.4, -0.2) is 34.1 Å². The Hall–Kier alpha value is -1.83. The lowest BCUT2D eigenvalue weighted by Gasteiger charge is -2.18. The van der Waals surface area contributed by atoms with Gasteiger partial charge >= 0.3 is 0 Å². The summed E-state index contributed by atoms with van der Waals surface area (Å²) in [7, 11) is 0. The molecule has 0 aliphatic heterocycles. The zero-order valence-electron chi connectivity index (χ0n) is 10.5. The second-order valence-electron chi connectivity index (χ2n) is 4.23. The van der Waals surface area contributed by atoms with Gasteiger partial charge in [0.15, 0.2) is 0 Å². The van der Waals surface area contributed by atoms with Crippen molar-refractivity contribution in [2.24, 2.45) is 0 Å². The van der Waals surface area contributed by atoms with Gasteiger partial charge in [0.05, 0.1) is 17.7 Å². The van der Waals surface area contributed by atoms with Crippen molar-refractivity contribution in [1.29, 1.82) is 5.26 Å². The molecular weight excluding hydrogens is 226 g/mol. The van der Waals surface area contributed by atoms with E-state index in [0.717, 1.165) is 23.2 Å². The largest absolute Gasteiger partial charge is 0.395 e. The van der Waals surface area contributed by atoms with E-state index in [1.165, 1.54) is 0 Å². The van der Waals surface area contributed by atoms with E-state index in [-0.39, 0.29) is 6.61 Å². The van der Waals surface area contributed by atoms with E-state index < -0.39 is 0 Å². The highest BCUT2D eigenvalue weighted by molar-refractivity contribution is 5.65. The van der Waals surface area contributed by atoms with Crippen LogP contribution in [0.3, 0.4) is 0 Å². The van der Waals surface area contributed by atoms with Crippen molar-refractivity contribution < 1.29 is 5.11 Å². The fraction of sp³-hybridized carbons (Fsp3) is 0.357. The van der Waals surface area contributed by atoms with Crippen molar-refractivity contribution in [2.45, 2.75) is 13.5 Å². The maximum Gasteiger partial charge on any atom is 0.102 e. The molecule has 94 valence electrons. The van der Waals surface area contributed by atoms with Gasteiger partial charge in [-0.05, 0) is 18.7 Å². The Bertz CT molecular complexity index is 568. The minimum Gasteiger partial charge on any atom is -0.395 e. The van der Waals surface area contributed by atoms with E-state index in [9.17, 15) is 5.26 Å². The SMILES string of the molecule is CCN(CCO)Cc1cn2ccccc2c1C#N. The highest BCUT2D eigenvalue weighted by atomic mass is 16.3. The van der Waals surface area contributed by atoms with Crippen molar-refractivity contribution in [1.82, 2.24) is 9.30 Å². The van der Waals surface area contributed by atoms with Gasteiger partial charge in [0.25, 0.3) is 0 Å². The average molecular weight is 243 g/mol. The number of fused-ring (bicyclic) bond motifs is 1. The van der Waals surface area contributed by atoms with Gasteiger partial charge in [0.2, 0.25) is 0 Å². The lowest BCUT2D eigenvalue weighted by atomic mass is 10.1. The van der Waals surface area contributed by atoms with Crippen LogP contribution in [0.15, 0.2) is 30.6 Å². The van der Waals surface area contributed by atoms with Crippen LogP contribution in [0.1, 0.15) is 18.1 Å². The van der Waals surface area contributed by atoms with Gasteiger partial charge < -0.3 is 9.51 Å². The second-order valence-corrected chi connectivity index (χ2v) is 4.23. The van der Waals surface area contributed by atoms with Crippen molar-refractivity contribution in [2.75, 3.05) is 19.7 Å². The summed E-state index contributed by atoms with van der Waals surface area (Å²) in [4.78, 5) is 2.12. The van der Waals surface area contributed by atoms with Crippen molar-refractivity contribution in [3.63, 3.8) is 0 Å². The second kappa shape index (κ2) is 5.67. The molecule has 0 bridgehead atoms. The fourth-order valence-electron chi connectivity index (χ4n) is 2.16. The third-order valence-electron chi connectivity index (χ3n) is 3.13. The van der Waals surface area contributed by atoms with Gasteiger partial charge in [-0.1, -0.05) is 13.0 Å². The lowest BCUT2D eigenvalue weighted by Crippen LogP contribution is -2.26. The number of aliphatic hydroxyl groups excluding tert-OH is 1. The van der Waals surface area contributed by atoms with Gasteiger partial charge in [-0.15, -0.1) is 0 Å². The molecule has 0 saturated carbocycles. The molecule has 0 fully saturated rings. The molecule has 0 aliphatic rings. The summed E-state index contributed by atoms with van der Waals surface area (Å²) in [5.74, 6) is 0. The Kier molecular flexibility index (Phi) is 3.98. The first-order valence-corrected chi connectivity index (χ1v) is 6.12. The molecule has 0 atom stereocenters. The molecule has 0 aliphatic carbocycles. The zero-order chi connectivity index (χ0) is 13.0. The number of pyridine rings is 1. The van der Waals surface area contributed by atoms with Crippen LogP contribution in [0.25, 0.3) is 5.52 Å². The summed E-state index contributed by atoms with van der Waals surface area (Å²) in [6.07, 6.45) is 3.94. The lowest BCUT2D eigenvalue weighted by molar-refractivity contribution is 0.197. The highest BCUT2D eigenvalue weighted by Gasteiger charge is 2.12. The Morgan fingerprint density at radius 1 is 1.44 bits per heavy atom. The van der Waals surface area contributed by atoms with Crippen LogP contribution in [-0.2, 0) is 6.54 Å². The summed E-state index contributed by atoms with van der Waals surface area (Å²) in [5, 5.41) is 18.3. The van der Waals surface area contributed by atoms with Crippen LogP contribution >= 0.6 is 0 Å². The molecule has 2 heterocycles. The van der Waals surface area contributed by atoms with Gasteiger partial charge in [0.1, 0.15) is 6.07 Å². The number of rotatable bonds is 5. The van der Waals surface area contributed by atoms with E-state index in [2.05, 4.69) is 17.9 Å². The first-order valence-electron chi connectivity index (χ1n) is 6.12. The Balaban J connectivity index is 2.35. The van der Waals surface area contributed by atoms with Crippen LogP contribution in [0.2, 0.25) is 0 Å². The minimum absolute atomic E-state index is 0.142. The summed E-state index contributed by atoms with van der Waals surface area (Å²) < 4.78 is 1.97. The first-order chi connectivity index (χ1) is 8.80. The zero-order valence-corrected chi connectivity index (χ0v) is 10.5. The molecule has 4 nitrogen and oxygen atoms in total. The molecule has 4 heteroatoms. The number of nitrogens with zero attached hydrogens (tertiary/aromatic N) is 3. The quantitative estimate of drug-likeness (QED) is 0.868. The smallest absolute Gasteiger partial charge is 0.102 e. The predicted molar refractivity (Wildman–Crippen MR) is 70.1 cm³/mol. The summed E-state index contributed by atoms with van der Waals surface area (Å²) in [6, 6.07) is 8.11. The molecule has 0 unspecified atom stereocenters. The fourth-order valence-corrected chi connectivity index (χ4v) is 2.16. The van der Waals surface area contributed by atoms with E-state index in [0.29, 0.717) is 13.1 Å². The van der Waals surface area contributed by atoms with Crippen LogP contribution < -0.4 is 0 Å². The Morgan fingerprint density at radius 2 is 2.28 bits per heavy atom. The Labute approximate surface area is 107 Å². The molecule has 2 rings (SSSR count). The van der Waals surface area contributed by atoms with Gasteiger partial charge in [-0.25, -0.2) is 0 Å². The van der Waals surface area contributed by atoms with Crippen molar-refractivity contribution in [3.8, 4) is 6.07 Å². The van der Waals surface area contributed by atoms with Crippen LogP contribution in [0, 0.1) is 11.3 Å². The van der Waals surface area contributed by atoms with Gasteiger partial charge in [-0.2, -0.15) is 5.26 Å². The predicted octanol–water partition coefficient (Wildman–Crippen LogP) is 1.63. The van der Waals surface area contributed by atoms with E-state index in [1.807, 2.05) is 35.0 Å². The van der Waals surface area contributed by atoms with Gasteiger partial charge in [0, 0.05) is 31.0 Å². The summed E-state index contributed by atoms with van der Waals surface area (Å²) in [6.45, 7) is 4.38. The summed E-state index contributed by atoms with van der Waals surface area (Å²) >= 11 is 0. The molecule has 1 N–H and O–H groups in total. The van der Waals surface area contributed by atoms with E-state index >= 15 is 0 Å². The molecule has 0 saturated heterocycles. The molecule has 0 aromatic carbocycles. The summed E-state index contributed by atoms with van der Waals surface area (Å²) in [5.41, 5.74) is 2.68. The number of hydrogen-bond donors (Lipinski definition) is 1. The third kappa shape index (κ3) is 2.37. The topological polar surface area (TPSA) is 51.7 Å². The Morgan fingerprint density at radius 3 is 2.94 bits per heavy atom. The maximum absolute atomic E-state index is 9.29. The van der Waals surface area contributed by atoms with Gasteiger partial charge in [-0.3, -0.25) is 4.90 Å². The maximum atomic E-state index is 9.29. The standard InChI is InChI=1S/C14H17N3O/c1-2-16(7-8-18)10-12-11-17-6-4-3-5-14(17)13(12)9-15/h3-6,11,18H,2,7-8,10H2,1H3. The highest BCUT2D eigenvalue weighted by Crippen LogP contribution is 2.19. The molecule has 2 aromatic heterocycles. The third-order valence-corrected chi connectivity index (χ3v) is 3.13. The van der Waals surface area contributed by atoms with E-state index in [4.69, 9.17) is 5.11 Å². The molecule has 18 heavy (non-hydrogen) atoms. The average Bonchev–Trinajstić information content (AvgIpc) is 2.75. The number of hydrogen-bond acceptors (Lipinski definition) is 3. The molecule has 2 aromatic rings.